The van der Waals surface area contributed by atoms with Gasteiger partial charge in [0.1, 0.15) is 0 Å². The lowest BCUT2D eigenvalue weighted by Crippen LogP contribution is -2.43. The van der Waals surface area contributed by atoms with Gasteiger partial charge in [0.25, 0.3) is 5.24 Å². The van der Waals surface area contributed by atoms with Gasteiger partial charge in [0.05, 0.1) is 5.25 Å². The van der Waals surface area contributed by atoms with Gasteiger partial charge in [-0.2, -0.15) is 0 Å². The smallest absolute Gasteiger partial charge is 0.286 e. The van der Waals surface area contributed by atoms with Crippen LogP contribution in [0.1, 0.15) is 17.5 Å². The topological polar surface area (TPSA) is 58.2 Å². The zero-order valence-electron chi connectivity index (χ0n) is 13.8. The summed E-state index contributed by atoms with van der Waals surface area (Å²) in [5, 5.41) is 5.50. The number of nitrogens with one attached hydrogen (secondary N) is 2. The molecule has 0 bridgehead atoms. The van der Waals surface area contributed by atoms with Gasteiger partial charge in [-0.15, -0.1) is 0 Å². The van der Waals surface area contributed by atoms with Crippen molar-refractivity contribution >= 4 is 28.6 Å². The van der Waals surface area contributed by atoms with Crippen LogP contribution in [0.3, 0.4) is 0 Å². The average Bonchev–Trinajstić information content (AvgIpc) is 2.98. The summed E-state index contributed by atoms with van der Waals surface area (Å²) in [6, 6.07) is 18.7. The van der Waals surface area contributed by atoms with Crippen LogP contribution < -0.4 is 10.6 Å². The Hall–Kier alpha value is -2.27. The standard InChI is InChI=1S/C20H20N2O2S/c23-19-18(25-20(24)22-19)15(12-13-6-2-1-3-7-13)17-11-10-14-8-4-5-9-16(14)21-17/h1-9,15,17-18,21H,10-12H2,(H,22,23,24). The Bertz CT molecular complexity index is 793. The van der Waals surface area contributed by atoms with Gasteiger partial charge in [-0.3, -0.25) is 14.9 Å². The minimum Gasteiger partial charge on any atom is -0.382 e. The molecule has 5 heteroatoms. The zero-order chi connectivity index (χ0) is 17.2. The summed E-state index contributed by atoms with van der Waals surface area (Å²) < 4.78 is 0. The van der Waals surface area contributed by atoms with Gasteiger partial charge in [-0.05, 0) is 36.5 Å². The summed E-state index contributed by atoms with van der Waals surface area (Å²) in [5.41, 5.74) is 3.66. The van der Waals surface area contributed by atoms with E-state index in [1.54, 1.807) is 0 Å². The Kier molecular flexibility index (Phi) is 4.49. The first-order chi connectivity index (χ1) is 12.2. The highest BCUT2D eigenvalue weighted by atomic mass is 32.2. The molecule has 2 amide bonds. The van der Waals surface area contributed by atoms with E-state index in [4.69, 9.17) is 0 Å². The number of hydrogen-bond acceptors (Lipinski definition) is 4. The maximum atomic E-state index is 12.3. The molecule has 3 atom stereocenters. The van der Waals surface area contributed by atoms with Crippen LogP contribution in [0.25, 0.3) is 0 Å². The average molecular weight is 352 g/mol. The van der Waals surface area contributed by atoms with Gasteiger partial charge >= 0.3 is 0 Å². The number of aryl methyl sites for hydroxylation is 1. The number of thioether (sulfide) groups is 1. The van der Waals surface area contributed by atoms with E-state index in [2.05, 4.69) is 41.0 Å². The van der Waals surface area contributed by atoms with Crippen molar-refractivity contribution in [1.82, 2.24) is 5.32 Å². The minimum atomic E-state index is -0.338. The molecule has 2 heterocycles. The van der Waals surface area contributed by atoms with Gasteiger partial charge in [-0.25, -0.2) is 0 Å². The van der Waals surface area contributed by atoms with Crippen LogP contribution in [0, 0.1) is 5.92 Å². The van der Waals surface area contributed by atoms with Crippen LogP contribution in [0.5, 0.6) is 0 Å². The van der Waals surface area contributed by atoms with Gasteiger partial charge in [0.2, 0.25) is 5.91 Å². The molecule has 2 aliphatic heterocycles. The summed E-state index contributed by atoms with van der Waals surface area (Å²) in [5.74, 6) is -0.0937. The minimum absolute atomic E-state index is 0.0622. The fraction of sp³-hybridized carbons (Fsp3) is 0.300. The first-order valence-electron chi connectivity index (χ1n) is 8.60. The van der Waals surface area contributed by atoms with Crippen molar-refractivity contribution in [2.24, 2.45) is 5.92 Å². The van der Waals surface area contributed by atoms with Crippen LogP contribution >= 0.6 is 11.8 Å². The van der Waals surface area contributed by atoms with Crippen LogP contribution in [0.4, 0.5) is 10.5 Å². The number of imide groups is 1. The number of hydrogen-bond donors (Lipinski definition) is 2. The van der Waals surface area contributed by atoms with Gasteiger partial charge < -0.3 is 5.32 Å². The second-order valence-corrected chi connectivity index (χ2v) is 7.73. The van der Waals surface area contributed by atoms with Gasteiger partial charge in [0, 0.05) is 17.6 Å². The lowest BCUT2D eigenvalue weighted by atomic mass is 9.83. The predicted octanol–water partition coefficient (Wildman–Crippen LogP) is 3.62. The molecule has 2 aromatic rings. The largest absolute Gasteiger partial charge is 0.382 e. The molecule has 3 unspecified atom stereocenters. The van der Waals surface area contributed by atoms with Crippen LogP contribution in [0.2, 0.25) is 0 Å². The van der Waals surface area contributed by atoms with E-state index in [9.17, 15) is 9.59 Å². The molecule has 0 radical (unpaired) electrons. The molecule has 2 aromatic carbocycles. The van der Waals surface area contributed by atoms with Crippen LogP contribution in [-0.2, 0) is 17.6 Å². The molecule has 1 fully saturated rings. The molecule has 0 aromatic heterocycles. The van der Waals surface area contributed by atoms with E-state index in [1.807, 2.05) is 24.3 Å². The molecule has 0 aliphatic carbocycles. The SMILES string of the molecule is O=C1NC(=O)C(C(Cc2ccccc2)C2CCc3ccccc3N2)S1. The Labute approximate surface area is 151 Å². The van der Waals surface area contributed by atoms with E-state index in [1.165, 1.54) is 11.1 Å². The number of anilines is 1. The monoisotopic (exact) mass is 352 g/mol. The summed E-state index contributed by atoms with van der Waals surface area (Å²) in [7, 11) is 0. The maximum Gasteiger partial charge on any atom is 0.286 e. The molecule has 128 valence electrons. The maximum absolute atomic E-state index is 12.3. The first kappa shape index (κ1) is 16.2. The summed E-state index contributed by atoms with van der Waals surface area (Å²) in [6.07, 6.45) is 2.73. The fourth-order valence-electron chi connectivity index (χ4n) is 3.78. The van der Waals surface area contributed by atoms with E-state index >= 15 is 0 Å². The third kappa shape index (κ3) is 3.42. The molecule has 1 saturated heterocycles. The molecule has 2 aliphatic rings. The molecule has 4 rings (SSSR count). The van der Waals surface area contributed by atoms with E-state index in [0.717, 1.165) is 36.7 Å². The fourth-order valence-corrected chi connectivity index (χ4v) is 4.80. The highest BCUT2D eigenvalue weighted by molar-refractivity contribution is 8.15. The normalized spacial score (nSPS) is 23.5. The third-order valence-electron chi connectivity index (χ3n) is 5.02. The van der Waals surface area contributed by atoms with Crippen molar-refractivity contribution in [3.63, 3.8) is 0 Å². The Balaban J connectivity index is 1.61. The van der Waals surface area contributed by atoms with Crippen molar-refractivity contribution in [1.29, 1.82) is 0 Å². The molecule has 25 heavy (non-hydrogen) atoms. The Morgan fingerprint density at radius 1 is 1.04 bits per heavy atom. The van der Waals surface area contributed by atoms with E-state index in [-0.39, 0.29) is 28.4 Å². The second kappa shape index (κ2) is 6.92. The number of carbonyl (C=O) groups is 2. The summed E-state index contributed by atoms with van der Waals surface area (Å²) in [4.78, 5) is 24.0. The molecular formula is C20H20N2O2S. The Morgan fingerprint density at radius 2 is 1.80 bits per heavy atom. The predicted molar refractivity (Wildman–Crippen MR) is 101 cm³/mol. The molecule has 0 saturated carbocycles. The number of para-hydroxylation sites is 1. The van der Waals surface area contributed by atoms with Crippen molar-refractivity contribution < 1.29 is 9.59 Å². The van der Waals surface area contributed by atoms with Crippen molar-refractivity contribution in [3.05, 3.63) is 65.7 Å². The number of benzene rings is 2. The highest BCUT2D eigenvalue weighted by Gasteiger charge is 2.42. The van der Waals surface area contributed by atoms with Gasteiger partial charge in [-0.1, -0.05) is 60.3 Å². The Morgan fingerprint density at radius 3 is 2.56 bits per heavy atom. The third-order valence-corrected chi connectivity index (χ3v) is 6.15. The summed E-state index contributed by atoms with van der Waals surface area (Å²) in [6.45, 7) is 0. The van der Waals surface area contributed by atoms with Crippen molar-refractivity contribution in [2.75, 3.05) is 5.32 Å². The number of rotatable bonds is 4. The summed E-state index contributed by atoms with van der Waals surface area (Å²) >= 11 is 1.14. The highest BCUT2D eigenvalue weighted by Crippen LogP contribution is 2.36. The van der Waals surface area contributed by atoms with Crippen LogP contribution in [0.15, 0.2) is 54.6 Å². The van der Waals surface area contributed by atoms with Crippen molar-refractivity contribution in [2.45, 2.75) is 30.6 Å². The molecular weight excluding hydrogens is 332 g/mol. The van der Waals surface area contributed by atoms with Crippen molar-refractivity contribution in [3.8, 4) is 0 Å². The molecule has 2 N–H and O–H groups in total. The van der Waals surface area contributed by atoms with E-state index in [0.29, 0.717) is 0 Å². The quantitative estimate of drug-likeness (QED) is 0.882. The molecule has 0 spiro atoms. The molecule has 4 nitrogen and oxygen atoms in total. The lowest BCUT2D eigenvalue weighted by molar-refractivity contribution is -0.119. The zero-order valence-corrected chi connectivity index (χ0v) is 14.6. The number of carbonyl (C=O) groups excluding carboxylic acids is 2. The number of fused-ring (bicyclic) bond motifs is 1. The van der Waals surface area contributed by atoms with Gasteiger partial charge in [0.15, 0.2) is 0 Å². The lowest BCUT2D eigenvalue weighted by Gasteiger charge is -2.35. The second-order valence-electron chi connectivity index (χ2n) is 6.62. The number of amides is 2. The first-order valence-corrected chi connectivity index (χ1v) is 9.48. The van der Waals surface area contributed by atoms with Crippen LogP contribution in [-0.4, -0.2) is 22.4 Å². The van der Waals surface area contributed by atoms with E-state index < -0.39 is 0 Å².